The maximum Gasteiger partial charge on any atom is 0.416 e. The molecular formula is C42H33F6N3O6. The van der Waals surface area contributed by atoms with Gasteiger partial charge in [-0.05, 0) is 67.6 Å². The number of hydrogen-bond acceptors (Lipinski definition) is 7. The molecule has 9 nitrogen and oxygen atoms in total. The summed E-state index contributed by atoms with van der Waals surface area (Å²) in [7, 11) is 1.35. The summed E-state index contributed by atoms with van der Waals surface area (Å²) in [4.78, 5) is 59.1. The van der Waals surface area contributed by atoms with Crippen LogP contribution in [0.1, 0.15) is 46.6 Å². The molecule has 0 bridgehead atoms. The third-order valence-electron chi connectivity index (χ3n) is 11.8. The van der Waals surface area contributed by atoms with E-state index in [0.717, 1.165) is 10.6 Å². The summed E-state index contributed by atoms with van der Waals surface area (Å²) in [6.07, 6.45) is -9.13. The molecule has 1 saturated carbocycles. The first-order chi connectivity index (χ1) is 27.0. The highest BCUT2D eigenvalue weighted by atomic mass is 19.4. The molecule has 0 unspecified atom stereocenters. The Morgan fingerprint density at radius 3 is 2.05 bits per heavy atom. The van der Waals surface area contributed by atoms with Gasteiger partial charge >= 0.3 is 12.4 Å². The van der Waals surface area contributed by atoms with E-state index < -0.39 is 87.8 Å². The molecule has 2 aliphatic carbocycles. The Morgan fingerprint density at radius 2 is 1.44 bits per heavy atom. The van der Waals surface area contributed by atoms with E-state index in [1.165, 1.54) is 19.2 Å². The molecule has 2 heterocycles. The van der Waals surface area contributed by atoms with Crippen LogP contribution < -0.4 is 15.1 Å². The van der Waals surface area contributed by atoms with E-state index >= 15 is 4.79 Å². The van der Waals surface area contributed by atoms with Gasteiger partial charge in [-0.15, -0.1) is 0 Å². The highest BCUT2D eigenvalue weighted by molar-refractivity contribution is 6.22. The number of imide groups is 2. The molecule has 294 valence electrons. The Hall–Kier alpha value is -6.12. The molecule has 6 atom stereocenters. The van der Waals surface area contributed by atoms with Crippen LogP contribution in [0.3, 0.4) is 0 Å². The zero-order valence-corrected chi connectivity index (χ0v) is 30.2. The number of carbonyl (C=O) groups is 4. The minimum atomic E-state index is -5.24. The van der Waals surface area contributed by atoms with Crippen molar-refractivity contribution in [2.75, 3.05) is 17.4 Å². The molecule has 2 aliphatic heterocycles. The van der Waals surface area contributed by atoms with Crippen molar-refractivity contribution in [2.24, 2.45) is 23.7 Å². The maximum atomic E-state index is 15.3. The lowest BCUT2D eigenvalue weighted by Gasteiger charge is -2.50. The Morgan fingerprint density at radius 1 is 0.789 bits per heavy atom. The average molecular weight is 790 g/mol. The zero-order chi connectivity index (χ0) is 40.8. The predicted octanol–water partition coefficient (Wildman–Crippen LogP) is 7.94. The highest BCUT2D eigenvalue weighted by Gasteiger charge is 2.70. The van der Waals surface area contributed by atoms with Gasteiger partial charge in [-0.3, -0.25) is 24.6 Å². The largest absolute Gasteiger partial charge is 0.508 e. The maximum absolute atomic E-state index is 15.3. The molecule has 8 rings (SSSR count). The topological polar surface area (TPSA) is 116 Å². The number of nitrogens with one attached hydrogen (secondary N) is 1. The number of phenols is 1. The Balaban J connectivity index is 1.31. The molecule has 0 spiro atoms. The summed E-state index contributed by atoms with van der Waals surface area (Å²) >= 11 is 0. The second kappa shape index (κ2) is 13.2. The number of anilines is 2. The van der Waals surface area contributed by atoms with E-state index in [2.05, 4.69) is 5.43 Å². The number of phenolic OH excluding ortho intramolecular Hbond substituents is 1. The first kappa shape index (κ1) is 37.8. The molecule has 2 N–H and O–H groups in total. The fourth-order valence-electron chi connectivity index (χ4n) is 9.35. The second-order valence-electron chi connectivity index (χ2n) is 14.8. The van der Waals surface area contributed by atoms with Crippen LogP contribution >= 0.6 is 0 Å². The van der Waals surface area contributed by atoms with Crippen LogP contribution in [-0.4, -0.2) is 40.9 Å². The number of benzene rings is 4. The molecule has 3 fully saturated rings. The summed E-state index contributed by atoms with van der Waals surface area (Å²) < 4.78 is 89.3. The fourth-order valence-corrected chi connectivity index (χ4v) is 9.35. The quantitative estimate of drug-likeness (QED) is 0.116. The van der Waals surface area contributed by atoms with Gasteiger partial charge in [0, 0.05) is 17.5 Å². The Kier molecular flexibility index (Phi) is 8.78. The summed E-state index contributed by atoms with van der Waals surface area (Å²) in [5, 5.41) is 11.4. The van der Waals surface area contributed by atoms with Gasteiger partial charge in [0.1, 0.15) is 11.5 Å². The minimum absolute atomic E-state index is 0.0830. The third-order valence-corrected chi connectivity index (χ3v) is 11.8. The number of allylic oxidation sites excluding steroid dienone is 2. The van der Waals surface area contributed by atoms with Crippen molar-refractivity contribution in [1.29, 1.82) is 0 Å². The lowest BCUT2D eigenvalue weighted by Crippen LogP contribution is -2.53. The van der Waals surface area contributed by atoms with Crippen LogP contribution in [0.15, 0.2) is 103 Å². The third kappa shape index (κ3) is 5.84. The van der Waals surface area contributed by atoms with Gasteiger partial charge in [0.25, 0.3) is 11.8 Å². The number of aromatic hydroxyl groups is 1. The molecule has 57 heavy (non-hydrogen) atoms. The van der Waals surface area contributed by atoms with Crippen molar-refractivity contribution in [3.05, 3.63) is 130 Å². The number of carbonyl (C=O) groups excluding carboxylic acids is 4. The SMILES string of the molecule is COc1cc(O)ccc1[C@H]1C2=CC[C@@H]3C(=O)N(c4cc(C(F)(F)F)cc(C(F)(F)F)c4)C(=O)[C@@H]3[C@@H]2C[C@H]2C(=O)N(Nc3ccc(C)cc3)C(=O)[C@@]12c1ccccc1. The van der Waals surface area contributed by atoms with E-state index in [9.17, 15) is 45.8 Å². The van der Waals surface area contributed by atoms with Gasteiger partial charge in [-0.25, -0.2) is 4.90 Å². The summed E-state index contributed by atoms with van der Waals surface area (Å²) in [5.74, 6) is -9.12. The molecule has 0 radical (unpaired) electrons. The van der Waals surface area contributed by atoms with Crippen LogP contribution in [0.5, 0.6) is 11.5 Å². The normalized spacial score (nSPS) is 25.9. The first-order valence-corrected chi connectivity index (χ1v) is 18.0. The van der Waals surface area contributed by atoms with E-state index in [-0.39, 0.29) is 30.4 Å². The Labute approximate surface area is 321 Å². The van der Waals surface area contributed by atoms with Crippen molar-refractivity contribution in [3.8, 4) is 11.5 Å². The summed E-state index contributed by atoms with van der Waals surface area (Å²) in [6, 6.07) is 20.4. The number of hydrogen-bond donors (Lipinski definition) is 2. The predicted molar refractivity (Wildman–Crippen MR) is 192 cm³/mol. The van der Waals surface area contributed by atoms with E-state index in [0.29, 0.717) is 39.4 Å². The van der Waals surface area contributed by atoms with Gasteiger partial charge in [0.15, 0.2) is 0 Å². The van der Waals surface area contributed by atoms with Crippen LogP contribution in [-0.2, 0) is 36.9 Å². The van der Waals surface area contributed by atoms with Crippen LogP contribution in [0.2, 0.25) is 0 Å². The van der Waals surface area contributed by atoms with E-state index in [4.69, 9.17) is 4.74 Å². The van der Waals surface area contributed by atoms with E-state index in [1.807, 2.05) is 6.92 Å². The number of aryl methyl sites for hydroxylation is 1. The lowest BCUT2D eigenvalue weighted by atomic mass is 9.49. The van der Waals surface area contributed by atoms with Crippen molar-refractivity contribution < 1.29 is 55.4 Å². The van der Waals surface area contributed by atoms with Gasteiger partial charge in [0.2, 0.25) is 11.8 Å². The van der Waals surface area contributed by atoms with Crippen molar-refractivity contribution in [2.45, 2.75) is 43.5 Å². The van der Waals surface area contributed by atoms with Crippen molar-refractivity contribution in [3.63, 3.8) is 0 Å². The molecule has 4 amide bonds. The van der Waals surface area contributed by atoms with Gasteiger partial charge in [0.05, 0.1) is 52.8 Å². The molecule has 2 saturated heterocycles. The number of methoxy groups -OCH3 is 1. The number of alkyl halides is 6. The number of nitrogens with zero attached hydrogens (tertiary/aromatic N) is 2. The number of halogens is 6. The number of amides is 4. The molecule has 4 aromatic carbocycles. The smallest absolute Gasteiger partial charge is 0.416 e. The van der Waals surface area contributed by atoms with Gasteiger partial charge in [-0.2, -0.15) is 31.4 Å². The Bertz CT molecular complexity index is 2330. The van der Waals surface area contributed by atoms with Gasteiger partial charge < -0.3 is 9.84 Å². The molecular weight excluding hydrogens is 756 g/mol. The number of ether oxygens (including phenoxy) is 1. The van der Waals surface area contributed by atoms with Crippen LogP contribution in [0.4, 0.5) is 37.7 Å². The van der Waals surface area contributed by atoms with Crippen molar-refractivity contribution in [1.82, 2.24) is 5.01 Å². The molecule has 4 aromatic rings. The monoisotopic (exact) mass is 789 g/mol. The summed E-state index contributed by atoms with van der Waals surface area (Å²) in [6.45, 7) is 1.87. The average Bonchev–Trinajstić information content (AvgIpc) is 3.55. The fraction of sp³-hybridized carbons (Fsp3) is 0.286. The summed E-state index contributed by atoms with van der Waals surface area (Å²) in [5.41, 5.74) is -0.395. The zero-order valence-electron chi connectivity index (χ0n) is 30.2. The lowest BCUT2D eigenvalue weighted by molar-refractivity contribution is -0.143. The highest BCUT2D eigenvalue weighted by Crippen LogP contribution is 2.65. The van der Waals surface area contributed by atoms with Crippen molar-refractivity contribution >= 4 is 35.0 Å². The number of hydrazine groups is 1. The second-order valence-corrected chi connectivity index (χ2v) is 14.8. The van der Waals surface area contributed by atoms with E-state index in [1.54, 1.807) is 66.7 Å². The van der Waals surface area contributed by atoms with Crippen LogP contribution in [0.25, 0.3) is 0 Å². The number of rotatable bonds is 6. The van der Waals surface area contributed by atoms with Crippen LogP contribution in [0, 0.1) is 30.6 Å². The molecule has 4 aliphatic rings. The first-order valence-electron chi connectivity index (χ1n) is 18.0. The number of fused-ring (bicyclic) bond motifs is 4. The molecule has 0 aromatic heterocycles. The standard InChI is InChI=1S/C42H33F6N3O6/c1-21-8-10-25(11-9-21)49-51-37(54)32-20-31-28(35(29-13-12-27(52)19-33(29)57-2)40(32,39(51)56)22-6-4-3-5-7-22)14-15-30-34(31)38(55)50(36(30)53)26-17-23(41(43,44)45)16-24(18-26)42(46,47)48/h3-14,16-19,30-32,34-35,49,52H,15,20H2,1-2H3/t30-,31+,32-,34-,35+,40+/m0/s1. The molecule has 15 heteroatoms. The van der Waals surface area contributed by atoms with Gasteiger partial charge in [-0.1, -0.05) is 65.7 Å². The minimum Gasteiger partial charge on any atom is -0.508 e.